The minimum Gasteiger partial charge on any atom is -0.309 e. The second-order valence-electron chi connectivity index (χ2n) is 5.38. The molecule has 2 nitrogen and oxygen atoms in total. The van der Waals surface area contributed by atoms with Crippen molar-refractivity contribution in [3.05, 3.63) is 0 Å². The van der Waals surface area contributed by atoms with E-state index in [0.29, 0.717) is 11.1 Å². The number of rotatable bonds is 0. The number of nitrogens with one attached hydrogen (secondary N) is 1. The number of piperidine rings is 1. The molecule has 0 amide bonds. The van der Waals surface area contributed by atoms with Crippen molar-refractivity contribution >= 4 is 0 Å². The van der Waals surface area contributed by atoms with Gasteiger partial charge in [-0.3, -0.25) is 4.90 Å². The first-order chi connectivity index (χ1) is 6.25. The molecule has 2 heteroatoms. The SMILES string of the molecule is CN1CCC[C@]12CCC1(CC1)NC2. The Balaban J connectivity index is 1.72. The van der Waals surface area contributed by atoms with E-state index in [4.69, 9.17) is 0 Å². The van der Waals surface area contributed by atoms with Crippen molar-refractivity contribution in [2.75, 3.05) is 20.1 Å². The summed E-state index contributed by atoms with van der Waals surface area (Å²) in [6.45, 7) is 2.57. The van der Waals surface area contributed by atoms with Crippen LogP contribution in [0.4, 0.5) is 0 Å². The lowest BCUT2D eigenvalue weighted by Gasteiger charge is -2.43. The lowest BCUT2D eigenvalue weighted by Crippen LogP contribution is -2.56. The Bertz CT molecular complexity index is 210. The van der Waals surface area contributed by atoms with Crippen molar-refractivity contribution in [2.45, 2.75) is 49.6 Å². The van der Waals surface area contributed by atoms with E-state index < -0.39 is 0 Å². The van der Waals surface area contributed by atoms with E-state index in [0.717, 1.165) is 0 Å². The highest BCUT2D eigenvalue weighted by Crippen LogP contribution is 2.47. The highest BCUT2D eigenvalue weighted by atomic mass is 15.2. The third-order valence-electron chi connectivity index (χ3n) is 4.66. The van der Waals surface area contributed by atoms with Gasteiger partial charge in [-0.2, -0.15) is 0 Å². The summed E-state index contributed by atoms with van der Waals surface area (Å²) in [5, 5.41) is 3.79. The average Bonchev–Trinajstić information content (AvgIpc) is 2.82. The van der Waals surface area contributed by atoms with Gasteiger partial charge in [0.05, 0.1) is 0 Å². The van der Waals surface area contributed by atoms with Gasteiger partial charge in [-0.15, -0.1) is 0 Å². The zero-order chi connectivity index (χ0) is 8.94. The van der Waals surface area contributed by atoms with Crippen molar-refractivity contribution < 1.29 is 0 Å². The standard InChI is InChI=1S/C11H20N2/c1-13-8-2-3-11(13)7-6-10(4-5-10)12-9-11/h12H,2-9H2,1H3/t11-/m1/s1. The third-order valence-corrected chi connectivity index (χ3v) is 4.66. The predicted molar refractivity (Wildman–Crippen MR) is 53.8 cm³/mol. The first kappa shape index (κ1) is 8.25. The van der Waals surface area contributed by atoms with Crippen LogP contribution in [0.25, 0.3) is 0 Å². The van der Waals surface area contributed by atoms with Gasteiger partial charge in [-0.25, -0.2) is 0 Å². The Labute approximate surface area is 80.7 Å². The van der Waals surface area contributed by atoms with Crippen LogP contribution in [-0.4, -0.2) is 36.1 Å². The Morgan fingerprint density at radius 2 is 1.85 bits per heavy atom. The molecule has 74 valence electrons. The predicted octanol–water partition coefficient (Wildman–Crippen LogP) is 1.37. The Hall–Kier alpha value is -0.0800. The molecule has 0 radical (unpaired) electrons. The number of hydrogen-bond acceptors (Lipinski definition) is 2. The fourth-order valence-electron chi connectivity index (χ4n) is 3.19. The Morgan fingerprint density at radius 1 is 1.08 bits per heavy atom. The number of likely N-dealkylation sites (N-methyl/N-ethyl adjacent to an activating group) is 1. The summed E-state index contributed by atoms with van der Waals surface area (Å²) in [7, 11) is 2.31. The normalized spacial score (nSPS) is 43.2. The van der Waals surface area contributed by atoms with Crippen LogP contribution in [-0.2, 0) is 0 Å². The van der Waals surface area contributed by atoms with Crippen molar-refractivity contribution in [1.29, 1.82) is 0 Å². The van der Waals surface area contributed by atoms with Gasteiger partial charge in [0.2, 0.25) is 0 Å². The van der Waals surface area contributed by atoms with E-state index in [9.17, 15) is 0 Å². The minimum absolute atomic E-state index is 0.549. The average molecular weight is 180 g/mol. The summed E-state index contributed by atoms with van der Waals surface area (Å²) in [5.74, 6) is 0. The molecular weight excluding hydrogens is 160 g/mol. The maximum Gasteiger partial charge on any atom is 0.0332 e. The zero-order valence-corrected chi connectivity index (χ0v) is 8.60. The monoisotopic (exact) mass is 180 g/mol. The van der Waals surface area contributed by atoms with E-state index >= 15 is 0 Å². The molecule has 0 aromatic rings. The molecular formula is C11H20N2. The van der Waals surface area contributed by atoms with Crippen LogP contribution in [0.5, 0.6) is 0 Å². The maximum absolute atomic E-state index is 3.79. The molecule has 2 spiro atoms. The van der Waals surface area contributed by atoms with Crippen LogP contribution >= 0.6 is 0 Å². The minimum atomic E-state index is 0.549. The van der Waals surface area contributed by atoms with Crippen molar-refractivity contribution in [1.82, 2.24) is 10.2 Å². The van der Waals surface area contributed by atoms with Crippen LogP contribution in [0, 0.1) is 0 Å². The molecule has 0 bridgehead atoms. The highest BCUT2D eigenvalue weighted by Gasteiger charge is 2.51. The molecule has 1 saturated carbocycles. The summed E-state index contributed by atoms with van der Waals surface area (Å²) >= 11 is 0. The van der Waals surface area contributed by atoms with Crippen LogP contribution in [0.2, 0.25) is 0 Å². The number of likely N-dealkylation sites (tertiary alicyclic amines) is 1. The summed E-state index contributed by atoms with van der Waals surface area (Å²) in [6, 6.07) is 0. The molecule has 3 rings (SSSR count). The van der Waals surface area contributed by atoms with Gasteiger partial charge in [0.25, 0.3) is 0 Å². The lowest BCUT2D eigenvalue weighted by atomic mass is 9.84. The number of nitrogens with zero attached hydrogens (tertiary/aromatic N) is 1. The molecule has 2 heterocycles. The molecule has 0 aromatic carbocycles. The van der Waals surface area contributed by atoms with Crippen molar-refractivity contribution in [3.8, 4) is 0 Å². The zero-order valence-electron chi connectivity index (χ0n) is 8.60. The fraction of sp³-hybridized carbons (Fsp3) is 1.00. The Morgan fingerprint density at radius 3 is 2.31 bits per heavy atom. The van der Waals surface area contributed by atoms with Gasteiger partial charge in [-0.05, 0) is 52.1 Å². The van der Waals surface area contributed by atoms with Gasteiger partial charge < -0.3 is 5.32 Å². The number of hydrogen-bond donors (Lipinski definition) is 1. The summed E-state index contributed by atoms with van der Waals surface area (Å²) < 4.78 is 0. The quantitative estimate of drug-likeness (QED) is 0.605. The molecule has 1 atom stereocenters. The molecule has 2 saturated heterocycles. The van der Waals surface area contributed by atoms with Crippen LogP contribution in [0.1, 0.15) is 38.5 Å². The van der Waals surface area contributed by atoms with Gasteiger partial charge >= 0.3 is 0 Å². The van der Waals surface area contributed by atoms with E-state index in [1.165, 1.54) is 51.6 Å². The maximum atomic E-state index is 3.79. The third kappa shape index (κ3) is 1.15. The first-order valence-electron chi connectivity index (χ1n) is 5.71. The first-order valence-corrected chi connectivity index (χ1v) is 5.71. The molecule has 13 heavy (non-hydrogen) atoms. The van der Waals surface area contributed by atoms with Crippen LogP contribution < -0.4 is 5.32 Å². The molecule has 3 aliphatic rings. The Kier molecular flexibility index (Phi) is 1.58. The van der Waals surface area contributed by atoms with Gasteiger partial charge in [0.15, 0.2) is 0 Å². The fourth-order valence-corrected chi connectivity index (χ4v) is 3.19. The molecule has 1 N–H and O–H groups in total. The van der Waals surface area contributed by atoms with E-state index in [-0.39, 0.29) is 0 Å². The molecule has 0 aromatic heterocycles. The van der Waals surface area contributed by atoms with E-state index in [1.54, 1.807) is 0 Å². The van der Waals surface area contributed by atoms with E-state index in [2.05, 4.69) is 17.3 Å². The van der Waals surface area contributed by atoms with Gasteiger partial charge in [-0.1, -0.05) is 0 Å². The highest BCUT2D eigenvalue weighted by molar-refractivity contribution is 5.11. The van der Waals surface area contributed by atoms with Gasteiger partial charge in [0.1, 0.15) is 0 Å². The van der Waals surface area contributed by atoms with Gasteiger partial charge in [0, 0.05) is 17.6 Å². The van der Waals surface area contributed by atoms with Crippen LogP contribution in [0.3, 0.4) is 0 Å². The summed E-state index contributed by atoms with van der Waals surface area (Å²) in [4.78, 5) is 2.59. The van der Waals surface area contributed by atoms with Crippen molar-refractivity contribution in [3.63, 3.8) is 0 Å². The molecule has 0 unspecified atom stereocenters. The molecule has 2 aliphatic heterocycles. The molecule has 3 fully saturated rings. The second-order valence-corrected chi connectivity index (χ2v) is 5.38. The van der Waals surface area contributed by atoms with Crippen LogP contribution in [0.15, 0.2) is 0 Å². The lowest BCUT2D eigenvalue weighted by molar-refractivity contribution is 0.111. The molecule has 1 aliphatic carbocycles. The topological polar surface area (TPSA) is 15.3 Å². The van der Waals surface area contributed by atoms with Crippen molar-refractivity contribution in [2.24, 2.45) is 0 Å². The summed E-state index contributed by atoms with van der Waals surface area (Å²) in [6.07, 6.45) is 8.57. The summed E-state index contributed by atoms with van der Waals surface area (Å²) in [5.41, 5.74) is 1.17. The smallest absolute Gasteiger partial charge is 0.0332 e. The second kappa shape index (κ2) is 2.48. The van der Waals surface area contributed by atoms with E-state index in [1.807, 2.05) is 0 Å². The largest absolute Gasteiger partial charge is 0.309 e.